The molecule has 1 aromatic heterocycles. The smallest absolute Gasteiger partial charge is 0.390 e. The number of ether oxygens (including phenoxy) is 1. The van der Waals surface area contributed by atoms with Crippen molar-refractivity contribution < 1.29 is 14.8 Å². The Kier molecular flexibility index (Phi) is 4.63. The maximum atomic E-state index is 10.5. The predicted molar refractivity (Wildman–Crippen MR) is 80.8 cm³/mol. The molecule has 0 radical (unpaired) electrons. The molecule has 23 heavy (non-hydrogen) atoms. The zero-order chi connectivity index (χ0) is 16.2. The average molecular weight is 318 g/mol. The van der Waals surface area contributed by atoms with Gasteiger partial charge in [-0.25, -0.2) is 0 Å². The minimum atomic E-state index is -0.801. The highest BCUT2D eigenvalue weighted by atomic mass is 16.6. The second-order valence-electron chi connectivity index (χ2n) is 5.59. The summed E-state index contributed by atoms with van der Waals surface area (Å²) in [5, 5.41) is 24.2. The Morgan fingerprint density at radius 3 is 3.09 bits per heavy atom. The molecule has 0 amide bonds. The van der Waals surface area contributed by atoms with E-state index in [9.17, 15) is 15.2 Å². The van der Waals surface area contributed by atoms with E-state index in [0.29, 0.717) is 0 Å². The summed E-state index contributed by atoms with van der Waals surface area (Å²) in [6, 6.07) is 8.18. The number of fused-ring (bicyclic) bond motifs is 1. The van der Waals surface area contributed by atoms with Crippen molar-refractivity contribution in [3.8, 4) is 0 Å². The molecule has 1 aliphatic carbocycles. The molecule has 0 saturated heterocycles. The van der Waals surface area contributed by atoms with Crippen LogP contribution < -0.4 is 0 Å². The lowest BCUT2D eigenvalue weighted by Crippen LogP contribution is -2.24. The van der Waals surface area contributed by atoms with Gasteiger partial charge < -0.3 is 20.0 Å². The number of aliphatic hydroxyl groups excluding tert-OH is 1. The Balaban J connectivity index is 1.55. The third-order valence-electron chi connectivity index (χ3n) is 3.89. The van der Waals surface area contributed by atoms with Gasteiger partial charge in [-0.15, -0.1) is 0 Å². The Labute approximate surface area is 132 Å². The van der Waals surface area contributed by atoms with Crippen molar-refractivity contribution in [1.29, 1.82) is 0 Å². The van der Waals surface area contributed by atoms with Crippen LogP contribution in [-0.4, -0.2) is 37.5 Å². The number of rotatable bonds is 6. The largest absolute Gasteiger partial charge is 0.490 e. The number of hydrogen-bond donors (Lipinski definition) is 1. The molecule has 1 aromatic carbocycles. The van der Waals surface area contributed by atoms with Gasteiger partial charge in [0.05, 0.1) is 25.4 Å². The molecule has 0 spiro atoms. The Bertz CT molecular complexity index is 688. The fraction of sp³-hybridized carbons (Fsp3) is 0.467. The zero-order valence-corrected chi connectivity index (χ0v) is 12.5. The molecule has 8 heteroatoms. The van der Waals surface area contributed by atoms with Crippen molar-refractivity contribution in [3.05, 3.63) is 51.8 Å². The lowest BCUT2D eigenvalue weighted by atomic mass is 9.89. The van der Waals surface area contributed by atoms with E-state index in [0.717, 1.165) is 19.3 Å². The normalized spacial score (nSPS) is 18.4. The van der Waals surface area contributed by atoms with Crippen molar-refractivity contribution >= 4 is 5.95 Å². The van der Waals surface area contributed by atoms with E-state index in [-0.39, 0.29) is 19.3 Å². The number of nitro groups is 1. The van der Waals surface area contributed by atoms with Crippen LogP contribution in [0.3, 0.4) is 0 Å². The van der Waals surface area contributed by atoms with E-state index in [2.05, 4.69) is 22.2 Å². The molecule has 8 nitrogen and oxygen atoms in total. The van der Waals surface area contributed by atoms with Gasteiger partial charge in [0.2, 0.25) is 6.33 Å². The fourth-order valence-electron chi connectivity index (χ4n) is 2.83. The van der Waals surface area contributed by atoms with E-state index in [1.54, 1.807) is 0 Å². The molecule has 0 fully saturated rings. The van der Waals surface area contributed by atoms with Crippen LogP contribution in [0, 0.1) is 10.1 Å². The van der Waals surface area contributed by atoms with Crippen LogP contribution in [0.25, 0.3) is 0 Å². The molecule has 0 saturated carbocycles. The molecule has 2 atom stereocenters. The Morgan fingerprint density at radius 1 is 1.48 bits per heavy atom. The van der Waals surface area contributed by atoms with Crippen molar-refractivity contribution in [1.82, 2.24) is 14.8 Å². The van der Waals surface area contributed by atoms with E-state index in [1.807, 2.05) is 12.1 Å². The monoisotopic (exact) mass is 318 g/mol. The van der Waals surface area contributed by atoms with Gasteiger partial charge in [0.1, 0.15) is 0 Å². The van der Waals surface area contributed by atoms with Crippen LogP contribution >= 0.6 is 0 Å². The number of nitrogens with zero attached hydrogens (tertiary/aromatic N) is 4. The predicted octanol–water partition coefficient (Wildman–Crippen LogP) is 1.64. The summed E-state index contributed by atoms with van der Waals surface area (Å²) >= 11 is 0. The standard InChI is InChI=1S/C15H18N4O4/c20-12(8-18-10-16-15(17-18)19(21)22)9-23-14-7-3-5-11-4-1-2-6-13(11)14/h1-2,4,6,10,12,14,20H,3,5,7-9H2. The number of aryl methyl sites for hydroxylation is 1. The van der Waals surface area contributed by atoms with Crippen molar-refractivity contribution in [2.75, 3.05) is 6.61 Å². The molecular formula is C15H18N4O4. The lowest BCUT2D eigenvalue weighted by molar-refractivity contribution is -0.394. The highest BCUT2D eigenvalue weighted by molar-refractivity contribution is 5.31. The van der Waals surface area contributed by atoms with Gasteiger partial charge in [-0.3, -0.25) is 0 Å². The molecule has 122 valence electrons. The minimum Gasteiger partial charge on any atom is -0.390 e. The van der Waals surface area contributed by atoms with Crippen molar-refractivity contribution in [3.63, 3.8) is 0 Å². The maximum Gasteiger partial charge on any atom is 0.490 e. The number of hydrogen-bond acceptors (Lipinski definition) is 6. The van der Waals surface area contributed by atoms with Gasteiger partial charge in [-0.05, 0) is 35.3 Å². The van der Waals surface area contributed by atoms with Crippen LogP contribution in [0.2, 0.25) is 0 Å². The summed E-state index contributed by atoms with van der Waals surface area (Å²) < 4.78 is 7.10. The highest BCUT2D eigenvalue weighted by Crippen LogP contribution is 2.32. The molecule has 3 rings (SSSR count). The summed E-state index contributed by atoms with van der Waals surface area (Å²) in [7, 11) is 0. The first-order chi connectivity index (χ1) is 11.1. The molecular weight excluding hydrogens is 300 g/mol. The second-order valence-corrected chi connectivity index (χ2v) is 5.59. The van der Waals surface area contributed by atoms with Gasteiger partial charge >= 0.3 is 5.95 Å². The average Bonchev–Trinajstić information content (AvgIpc) is 3.01. The van der Waals surface area contributed by atoms with E-state index in [4.69, 9.17) is 4.74 Å². The fourth-order valence-corrected chi connectivity index (χ4v) is 2.83. The first-order valence-electron chi connectivity index (χ1n) is 7.55. The van der Waals surface area contributed by atoms with Gasteiger partial charge in [-0.2, -0.15) is 4.68 Å². The topological polar surface area (TPSA) is 103 Å². The molecule has 0 bridgehead atoms. The van der Waals surface area contributed by atoms with E-state index >= 15 is 0 Å². The van der Waals surface area contributed by atoms with Crippen molar-refractivity contribution in [2.45, 2.75) is 38.0 Å². The van der Waals surface area contributed by atoms with Crippen LogP contribution in [0.5, 0.6) is 0 Å². The second kappa shape index (κ2) is 6.84. The summed E-state index contributed by atoms with van der Waals surface area (Å²) in [6.07, 6.45) is 3.47. The molecule has 1 aliphatic rings. The maximum absolute atomic E-state index is 10.5. The summed E-state index contributed by atoms with van der Waals surface area (Å²) in [5.74, 6) is -0.473. The summed E-state index contributed by atoms with van der Waals surface area (Å²) in [6.45, 7) is 0.252. The van der Waals surface area contributed by atoms with Gasteiger partial charge in [0.15, 0.2) is 0 Å². The molecule has 2 unspecified atom stereocenters. The van der Waals surface area contributed by atoms with Crippen LogP contribution in [-0.2, 0) is 17.7 Å². The van der Waals surface area contributed by atoms with Gasteiger partial charge in [0, 0.05) is 5.10 Å². The first kappa shape index (κ1) is 15.6. The molecule has 0 aliphatic heterocycles. The first-order valence-corrected chi connectivity index (χ1v) is 7.55. The third-order valence-corrected chi connectivity index (χ3v) is 3.89. The van der Waals surface area contributed by atoms with Crippen LogP contribution in [0.1, 0.15) is 30.1 Å². The molecule has 1 N–H and O–H groups in total. The number of aromatic nitrogens is 3. The minimum absolute atomic E-state index is 0.0142. The van der Waals surface area contributed by atoms with Gasteiger partial charge in [0.25, 0.3) is 0 Å². The van der Waals surface area contributed by atoms with Crippen molar-refractivity contribution in [2.24, 2.45) is 0 Å². The zero-order valence-electron chi connectivity index (χ0n) is 12.5. The number of aliphatic hydroxyl groups is 1. The summed E-state index contributed by atoms with van der Waals surface area (Å²) in [5.41, 5.74) is 2.48. The third kappa shape index (κ3) is 3.72. The molecule has 2 aromatic rings. The highest BCUT2D eigenvalue weighted by Gasteiger charge is 2.22. The van der Waals surface area contributed by atoms with Gasteiger partial charge in [-0.1, -0.05) is 29.2 Å². The lowest BCUT2D eigenvalue weighted by Gasteiger charge is -2.26. The van der Waals surface area contributed by atoms with E-state index in [1.165, 1.54) is 22.1 Å². The molecule has 1 heterocycles. The Hall–Kier alpha value is -2.32. The van der Waals surface area contributed by atoms with Crippen LogP contribution in [0.15, 0.2) is 30.6 Å². The van der Waals surface area contributed by atoms with Crippen LogP contribution in [0.4, 0.5) is 5.95 Å². The Morgan fingerprint density at radius 2 is 2.30 bits per heavy atom. The quantitative estimate of drug-likeness (QED) is 0.641. The number of benzene rings is 1. The van der Waals surface area contributed by atoms with E-state index < -0.39 is 17.0 Å². The summed E-state index contributed by atoms with van der Waals surface area (Å²) in [4.78, 5) is 13.4. The SMILES string of the molecule is O=[N+]([O-])c1ncn(CC(O)COC2CCCc3ccccc32)n1.